The normalized spacial score (nSPS) is 11.7. The van der Waals surface area contributed by atoms with Gasteiger partial charge in [-0.2, -0.15) is 0 Å². The molecule has 0 fully saturated rings. The molecule has 0 unspecified atom stereocenters. The number of hydrogen-bond donors (Lipinski definition) is 4. The van der Waals surface area contributed by atoms with Gasteiger partial charge in [0.2, 0.25) is 5.91 Å². The summed E-state index contributed by atoms with van der Waals surface area (Å²) in [4.78, 5) is 39.4. The number of hydrogen-bond acceptors (Lipinski definition) is 5. The Kier molecular flexibility index (Phi) is 6.82. The Bertz CT molecular complexity index is 1060. The quantitative estimate of drug-likeness (QED) is 0.424. The Morgan fingerprint density at radius 3 is 2.63 bits per heavy atom. The number of anilines is 1. The standard InChI is InChI=1S/C22H24N4O4/c1-30-20(27)10-11-24-21(28)16-7-3-5-9-19(16)26-22(29)17(23)12-14-13-25-18-8-4-2-6-15(14)18/h2-9,13,17,25H,10-12,23H2,1H3,(H,24,28)(H,26,29)/t17-/m0/s1. The first-order chi connectivity index (χ1) is 14.5. The summed E-state index contributed by atoms with van der Waals surface area (Å²) in [5.74, 6) is -1.21. The van der Waals surface area contributed by atoms with Gasteiger partial charge in [0.15, 0.2) is 0 Å². The summed E-state index contributed by atoms with van der Waals surface area (Å²) < 4.78 is 4.55. The Hall–Kier alpha value is -3.65. The minimum absolute atomic E-state index is 0.0618. The van der Waals surface area contributed by atoms with E-state index in [4.69, 9.17) is 5.73 Å². The lowest BCUT2D eigenvalue weighted by Gasteiger charge is -2.15. The number of para-hydroxylation sites is 2. The number of benzene rings is 2. The molecular formula is C22H24N4O4. The van der Waals surface area contributed by atoms with E-state index in [0.717, 1.165) is 16.5 Å². The number of aromatic amines is 1. The zero-order valence-corrected chi connectivity index (χ0v) is 16.6. The molecule has 1 aromatic heterocycles. The van der Waals surface area contributed by atoms with Crippen LogP contribution in [-0.2, 0) is 20.7 Å². The van der Waals surface area contributed by atoms with E-state index in [1.54, 1.807) is 24.3 Å². The number of aromatic nitrogens is 1. The Morgan fingerprint density at radius 2 is 1.83 bits per heavy atom. The minimum atomic E-state index is -0.792. The monoisotopic (exact) mass is 408 g/mol. The third-order valence-electron chi connectivity index (χ3n) is 4.72. The number of H-pyrrole nitrogens is 1. The van der Waals surface area contributed by atoms with Crippen molar-refractivity contribution in [1.29, 1.82) is 0 Å². The predicted octanol–water partition coefficient (Wildman–Crippen LogP) is 1.97. The second kappa shape index (κ2) is 9.71. The number of fused-ring (bicyclic) bond motifs is 1. The first-order valence-corrected chi connectivity index (χ1v) is 9.55. The molecule has 2 aromatic carbocycles. The van der Waals surface area contributed by atoms with Crippen LogP contribution in [-0.4, -0.2) is 42.5 Å². The van der Waals surface area contributed by atoms with Gasteiger partial charge in [0.05, 0.1) is 30.8 Å². The molecule has 0 bridgehead atoms. The molecule has 5 N–H and O–H groups in total. The molecule has 1 heterocycles. The van der Waals surface area contributed by atoms with Gasteiger partial charge in [-0.25, -0.2) is 0 Å². The van der Waals surface area contributed by atoms with Crippen molar-refractivity contribution in [1.82, 2.24) is 10.3 Å². The molecule has 1 atom stereocenters. The van der Waals surface area contributed by atoms with Crippen LogP contribution in [0.4, 0.5) is 5.69 Å². The molecule has 0 aliphatic carbocycles. The maximum atomic E-state index is 12.7. The zero-order valence-electron chi connectivity index (χ0n) is 16.6. The van der Waals surface area contributed by atoms with Crippen molar-refractivity contribution in [2.24, 2.45) is 5.73 Å². The highest BCUT2D eigenvalue weighted by Gasteiger charge is 2.19. The smallest absolute Gasteiger partial charge is 0.307 e. The summed E-state index contributed by atoms with van der Waals surface area (Å²) in [6.07, 6.45) is 2.26. The lowest BCUT2D eigenvalue weighted by Crippen LogP contribution is -2.38. The van der Waals surface area contributed by atoms with E-state index in [1.165, 1.54) is 7.11 Å². The first-order valence-electron chi connectivity index (χ1n) is 9.55. The maximum Gasteiger partial charge on any atom is 0.307 e. The number of rotatable bonds is 8. The van der Waals surface area contributed by atoms with Crippen LogP contribution in [0, 0.1) is 0 Å². The van der Waals surface area contributed by atoms with E-state index in [0.29, 0.717) is 12.1 Å². The lowest BCUT2D eigenvalue weighted by atomic mass is 10.0. The van der Waals surface area contributed by atoms with Crippen molar-refractivity contribution in [2.75, 3.05) is 19.0 Å². The predicted molar refractivity (Wildman–Crippen MR) is 114 cm³/mol. The molecule has 0 radical (unpaired) electrons. The molecule has 8 nitrogen and oxygen atoms in total. The van der Waals surface area contributed by atoms with E-state index in [-0.39, 0.29) is 18.5 Å². The number of carbonyl (C=O) groups is 3. The van der Waals surface area contributed by atoms with Crippen LogP contribution in [0.5, 0.6) is 0 Å². The number of nitrogens with two attached hydrogens (primary N) is 1. The van der Waals surface area contributed by atoms with Gasteiger partial charge in [0.1, 0.15) is 0 Å². The van der Waals surface area contributed by atoms with E-state index in [1.807, 2.05) is 30.5 Å². The average molecular weight is 408 g/mol. The second-order valence-electron chi connectivity index (χ2n) is 6.79. The van der Waals surface area contributed by atoms with Crippen LogP contribution >= 0.6 is 0 Å². The van der Waals surface area contributed by atoms with Crippen LogP contribution in [0.15, 0.2) is 54.7 Å². The maximum absolute atomic E-state index is 12.7. The largest absolute Gasteiger partial charge is 0.469 e. The molecule has 0 saturated heterocycles. The SMILES string of the molecule is COC(=O)CCNC(=O)c1ccccc1NC(=O)[C@@H](N)Cc1c[nH]c2ccccc12. The number of carbonyl (C=O) groups excluding carboxylic acids is 3. The molecule has 3 rings (SSSR count). The molecule has 30 heavy (non-hydrogen) atoms. The number of nitrogens with one attached hydrogen (secondary N) is 3. The second-order valence-corrected chi connectivity index (χ2v) is 6.79. The highest BCUT2D eigenvalue weighted by Crippen LogP contribution is 2.20. The van der Waals surface area contributed by atoms with Crippen LogP contribution in [0.2, 0.25) is 0 Å². The van der Waals surface area contributed by atoms with Crippen molar-refractivity contribution in [3.05, 3.63) is 65.9 Å². The van der Waals surface area contributed by atoms with Gasteiger partial charge in [0.25, 0.3) is 5.91 Å². The fraction of sp³-hybridized carbons (Fsp3) is 0.227. The molecule has 0 spiro atoms. The van der Waals surface area contributed by atoms with Crippen molar-refractivity contribution in [2.45, 2.75) is 18.9 Å². The fourth-order valence-corrected chi connectivity index (χ4v) is 3.12. The fourth-order valence-electron chi connectivity index (χ4n) is 3.12. The Labute approximate surface area is 173 Å². The summed E-state index contributed by atoms with van der Waals surface area (Å²) >= 11 is 0. The number of ether oxygens (including phenoxy) is 1. The van der Waals surface area contributed by atoms with Crippen LogP contribution in [0.25, 0.3) is 10.9 Å². The number of amides is 2. The van der Waals surface area contributed by atoms with Gasteiger partial charge in [0, 0.05) is 23.6 Å². The third kappa shape index (κ3) is 5.03. The van der Waals surface area contributed by atoms with Gasteiger partial charge >= 0.3 is 5.97 Å². The first kappa shape index (κ1) is 21.1. The average Bonchev–Trinajstić information content (AvgIpc) is 3.16. The Balaban J connectivity index is 1.64. The number of methoxy groups -OCH3 is 1. The van der Waals surface area contributed by atoms with Crippen LogP contribution in [0.3, 0.4) is 0 Å². The van der Waals surface area contributed by atoms with Crippen molar-refractivity contribution in [3.63, 3.8) is 0 Å². The molecule has 3 aromatic rings. The summed E-state index contributed by atoms with van der Waals surface area (Å²) in [6.45, 7) is 0.133. The minimum Gasteiger partial charge on any atom is -0.469 e. The third-order valence-corrected chi connectivity index (χ3v) is 4.72. The van der Waals surface area contributed by atoms with E-state index in [2.05, 4.69) is 20.4 Å². The Morgan fingerprint density at radius 1 is 1.10 bits per heavy atom. The highest BCUT2D eigenvalue weighted by molar-refractivity contribution is 6.05. The molecular weight excluding hydrogens is 384 g/mol. The molecule has 156 valence electrons. The number of esters is 1. The molecule has 0 saturated carbocycles. The van der Waals surface area contributed by atoms with Crippen molar-refractivity contribution in [3.8, 4) is 0 Å². The molecule has 2 amide bonds. The van der Waals surface area contributed by atoms with E-state index >= 15 is 0 Å². The van der Waals surface area contributed by atoms with Gasteiger partial charge in [-0.1, -0.05) is 30.3 Å². The van der Waals surface area contributed by atoms with Gasteiger partial charge in [-0.15, -0.1) is 0 Å². The van der Waals surface area contributed by atoms with Crippen molar-refractivity contribution < 1.29 is 19.1 Å². The highest BCUT2D eigenvalue weighted by atomic mass is 16.5. The molecule has 0 aliphatic heterocycles. The van der Waals surface area contributed by atoms with Crippen LogP contribution < -0.4 is 16.4 Å². The van der Waals surface area contributed by atoms with Crippen LogP contribution in [0.1, 0.15) is 22.3 Å². The zero-order chi connectivity index (χ0) is 21.5. The van der Waals surface area contributed by atoms with Crippen molar-refractivity contribution >= 4 is 34.4 Å². The summed E-state index contributed by atoms with van der Waals surface area (Å²) in [5, 5.41) is 6.39. The summed E-state index contributed by atoms with van der Waals surface area (Å²) in [7, 11) is 1.29. The lowest BCUT2D eigenvalue weighted by molar-refractivity contribution is -0.140. The van der Waals surface area contributed by atoms with E-state index < -0.39 is 23.8 Å². The van der Waals surface area contributed by atoms with Gasteiger partial charge in [-0.3, -0.25) is 14.4 Å². The van der Waals surface area contributed by atoms with Gasteiger partial charge < -0.3 is 26.1 Å². The summed E-state index contributed by atoms with van der Waals surface area (Å²) in [5.41, 5.74) is 8.69. The topological polar surface area (TPSA) is 126 Å². The summed E-state index contributed by atoms with van der Waals surface area (Å²) in [6, 6.07) is 13.6. The molecule has 0 aliphatic rings. The molecule has 8 heteroatoms. The van der Waals surface area contributed by atoms with Gasteiger partial charge in [-0.05, 0) is 30.2 Å². The van der Waals surface area contributed by atoms with E-state index in [9.17, 15) is 14.4 Å².